The maximum atomic E-state index is 11.6. The first-order chi connectivity index (χ1) is 6.87. The van der Waals surface area contributed by atoms with Gasteiger partial charge in [-0.2, -0.15) is 0 Å². The molecule has 0 saturated heterocycles. The Bertz CT molecular complexity index is 305. The molecule has 0 aliphatic heterocycles. The predicted octanol–water partition coefficient (Wildman–Crippen LogP) is 1.32. The highest BCUT2D eigenvalue weighted by atomic mass is 16.4. The molecule has 15 heavy (non-hydrogen) atoms. The maximum absolute atomic E-state index is 11.6. The average molecular weight is 211 g/mol. The van der Waals surface area contributed by atoms with Gasteiger partial charge in [0.25, 0.3) is 0 Å². The molecule has 2 N–H and O–H groups in total. The molecule has 1 aliphatic carbocycles. The van der Waals surface area contributed by atoms with Crippen LogP contribution in [0.2, 0.25) is 0 Å². The molecule has 4 nitrogen and oxygen atoms in total. The molecule has 1 aliphatic rings. The van der Waals surface area contributed by atoms with Crippen molar-refractivity contribution in [2.24, 2.45) is 5.92 Å². The number of nitrogens with one attached hydrogen (secondary N) is 1. The average Bonchev–Trinajstić information content (AvgIpc) is 2.84. The Morgan fingerprint density at radius 2 is 2.07 bits per heavy atom. The van der Waals surface area contributed by atoms with Gasteiger partial charge in [-0.3, -0.25) is 4.79 Å². The number of allylic oxidation sites excluding steroid dienone is 1. The molecule has 1 amide bonds. The fraction of sp³-hybridized carbons (Fsp3) is 0.636. The number of aliphatic carboxylic acids is 1. The summed E-state index contributed by atoms with van der Waals surface area (Å²) < 4.78 is 0. The van der Waals surface area contributed by atoms with Gasteiger partial charge in [0.2, 0.25) is 5.91 Å². The first kappa shape index (κ1) is 11.8. The second kappa shape index (κ2) is 4.04. The number of carboxylic acids is 1. The minimum atomic E-state index is -0.972. The lowest BCUT2D eigenvalue weighted by Crippen LogP contribution is -2.45. The molecular formula is C11H17NO3. The van der Waals surface area contributed by atoms with Crippen LogP contribution < -0.4 is 5.32 Å². The van der Waals surface area contributed by atoms with Gasteiger partial charge in [0.05, 0.1) is 0 Å². The third kappa shape index (κ3) is 2.81. The minimum absolute atomic E-state index is 0.196. The second-order valence-corrected chi connectivity index (χ2v) is 4.44. The van der Waals surface area contributed by atoms with E-state index in [-0.39, 0.29) is 11.8 Å². The second-order valence-electron chi connectivity index (χ2n) is 4.44. The summed E-state index contributed by atoms with van der Waals surface area (Å²) in [5.41, 5.74) is -0.0433. The first-order valence-corrected chi connectivity index (χ1v) is 5.07. The van der Waals surface area contributed by atoms with Crippen molar-refractivity contribution in [2.45, 2.75) is 38.6 Å². The van der Waals surface area contributed by atoms with Gasteiger partial charge >= 0.3 is 5.97 Å². The van der Waals surface area contributed by atoms with Crippen molar-refractivity contribution in [3.63, 3.8) is 0 Å². The molecule has 1 saturated carbocycles. The number of amides is 1. The standard InChI is InChI=1S/C11H17NO3/c1-7(2)6-8(3)9(13)12-11(4-5-11)10(14)15/h8H,1,4-6H2,2-3H3,(H,12,13)(H,14,15). The fourth-order valence-electron chi connectivity index (χ4n) is 1.49. The minimum Gasteiger partial charge on any atom is -0.480 e. The van der Waals surface area contributed by atoms with Crippen LogP contribution in [0.15, 0.2) is 12.2 Å². The van der Waals surface area contributed by atoms with Gasteiger partial charge in [-0.15, -0.1) is 6.58 Å². The molecular weight excluding hydrogens is 194 g/mol. The van der Waals surface area contributed by atoms with Gasteiger partial charge in [0, 0.05) is 5.92 Å². The van der Waals surface area contributed by atoms with E-state index in [1.165, 1.54) is 0 Å². The van der Waals surface area contributed by atoms with E-state index in [2.05, 4.69) is 11.9 Å². The van der Waals surface area contributed by atoms with Crippen molar-refractivity contribution in [2.75, 3.05) is 0 Å². The Morgan fingerprint density at radius 1 is 1.53 bits per heavy atom. The summed E-state index contributed by atoms with van der Waals surface area (Å²) in [6, 6.07) is 0. The molecule has 1 rings (SSSR count). The van der Waals surface area contributed by atoms with Gasteiger partial charge in [-0.25, -0.2) is 4.79 Å². The molecule has 1 unspecified atom stereocenters. The van der Waals surface area contributed by atoms with Crippen LogP contribution in [0.25, 0.3) is 0 Å². The monoisotopic (exact) mass is 211 g/mol. The Balaban J connectivity index is 2.49. The molecule has 0 aromatic heterocycles. The van der Waals surface area contributed by atoms with E-state index in [9.17, 15) is 9.59 Å². The number of carboxylic acid groups (broad SMARTS) is 1. The summed E-state index contributed by atoms with van der Waals surface area (Å²) in [6.07, 6.45) is 1.67. The number of rotatable bonds is 5. The Kier molecular flexibility index (Phi) is 3.17. The van der Waals surface area contributed by atoms with E-state index in [0.717, 1.165) is 5.57 Å². The van der Waals surface area contributed by atoms with Crippen LogP contribution in [0.1, 0.15) is 33.1 Å². The van der Waals surface area contributed by atoms with Gasteiger partial charge in [0.1, 0.15) is 5.54 Å². The summed E-state index contributed by atoms with van der Waals surface area (Å²) in [5.74, 6) is -1.34. The number of hydrogen-bond acceptors (Lipinski definition) is 2. The van der Waals surface area contributed by atoms with Crippen LogP contribution >= 0.6 is 0 Å². The molecule has 0 aromatic rings. The highest BCUT2D eigenvalue weighted by Gasteiger charge is 2.51. The normalized spacial score (nSPS) is 19.1. The summed E-state index contributed by atoms with van der Waals surface area (Å²) in [7, 11) is 0. The van der Waals surface area contributed by atoms with E-state index in [4.69, 9.17) is 5.11 Å². The molecule has 0 radical (unpaired) electrons. The summed E-state index contributed by atoms with van der Waals surface area (Å²) in [5, 5.41) is 11.5. The van der Waals surface area contributed by atoms with Gasteiger partial charge < -0.3 is 10.4 Å². The van der Waals surface area contributed by atoms with Gasteiger partial charge in [-0.05, 0) is 26.2 Å². The number of hydrogen-bond donors (Lipinski definition) is 2. The molecule has 0 heterocycles. The van der Waals surface area contributed by atoms with Crippen LogP contribution in [-0.4, -0.2) is 22.5 Å². The van der Waals surface area contributed by atoms with E-state index in [1.54, 1.807) is 6.92 Å². The van der Waals surface area contributed by atoms with Crippen LogP contribution in [0.5, 0.6) is 0 Å². The quantitative estimate of drug-likeness (QED) is 0.674. The first-order valence-electron chi connectivity index (χ1n) is 5.07. The lowest BCUT2D eigenvalue weighted by Gasteiger charge is -2.16. The predicted molar refractivity (Wildman–Crippen MR) is 56.3 cm³/mol. The van der Waals surface area contributed by atoms with Crippen molar-refractivity contribution < 1.29 is 14.7 Å². The Morgan fingerprint density at radius 3 is 2.40 bits per heavy atom. The van der Waals surface area contributed by atoms with Crippen molar-refractivity contribution in [1.29, 1.82) is 0 Å². The largest absolute Gasteiger partial charge is 0.480 e. The molecule has 1 atom stereocenters. The van der Waals surface area contributed by atoms with Gasteiger partial charge in [-0.1, -0.05) is 12.5 Å². The SMILES string of the molecule is C=C(C)CC(C)C(=O)NC1(C(=O)O)CC1. The number of carbonyl (C=O) groups is 2. The lowest BCUT2D eigenvalue weighted by molar-refractivity contribution is -0.143. The van der Waals surface area contributed by atoms with E-state index >= 15 is 0 Å². The molecule has 1 fully saturated rings. The molecule has 0 bridgehead atoms. The van der Waals surface area contributed by atoms with Crippen molar-refractivity contribution >= 4 is 11.9 Å². The van der Waals surface area contributed by atoms with Crippen LogP contribution in [-0.2, 0) is 9.59 Å². The third-order valence-electron chi connectivity index (χ3n) is 2.62. The maximum Gasteiger partial charge on any atom is 0.329 e. The van der Waals surface area contributed by atoms with E-state index in [1.807, 2.05) is 6.92 Å². The molecule has 84 valence electrons. The zero-order chi connectivity index (χ0) is 11.6. The smallest absolute Gasteiger partial charge is 0.329 e. The highest BCUT2D eigenvalue weighted by molar-refractivity contribution is 5.90. The number of carbonyl (C=O) groups excluding carboxylic acids is 1. The zero-order valence-electron chi connectivity index (χ0n) is 9.17. The summed E-state index contributed by atoms with van der Waals surface area (Å²) in [4.78, 5) is 22.5. The van der Waals surface area contributed by atoms with Crippen molar-refractivity contribution in [3.8, 4) is 0 Å². The summed E-state index contributed by atoms with van der Waals surface area (Å²) >= 11 is 0. The van der Waals surface area contributed by atoms with E-state index < -0.39 is 11.5 Å². The molecule has 0 aromatic carbocycles. The third-order valence-corrected chi connectivity index (χ3v) is 2.62. The van der Waals surface area contributed by atoms with Crippen LogP contribution in [0, 0.1) is 5.92 Å². The molecule has 0 spiro atoms. The highest BCUT2D eigenvalue weighted by Crippen LogP contribution is 2.35. The molecule has 4 heteroatoms. The topological polar surface area (TPSA) is 66.4 Å². The van der Waals surface area contributed by atoms with Gasteiger partial charge in [0.15, 0.2) is 0 Å². The Labute approximate surface area is 89.4 Å². The fourth-order valence-corrected chi connectivity index (χ4v) is 1.49. The van der Waals surface area contributed by atoms with Crippen LogP contribution in [0.3, 0.4) is 0 Å². The van der Waals surface area contributed by atoms with Crippen molar-refractivity contribution in [1.82, 2.24) is 5.32 Å². The summed E-state index contributed by atoms with van der Waals surface area (Å²) in [6.45, 7) is 7.36. The zero-order valence-corrected chi connectivity index (χ0v) is 9.17. The van der Waals surface area contributed by atoms with Crippen molar-refractivity contribution in [3.05, 3.63) is 12.2 Å². The van der Waals surface area contributed by atoms with Crippen LogP contribution in [0.4, 0.5) is 0 Å². The Hall–Kier alpha value is -1.32. The lowest BCUT2D eigenvalue weighted by atomic mass is 10.0. The van der Waals surface area contributed by atoms with E-state index in [0.29, 0.717) is 19.3 Å².